The third kappa shape index (κ3) is 4.40. The Bertz CT molecular complexity index is 796. The van der Waals surface area contributed by atoms with Crippen LogP contribution in [0.25, 0.3) is 0 Å². The summed E-state index contributed by atoms with van der Waals surface area (Å²) in [5, 5.41) is 16.6. The van der Waals surface area contributed by atoms with Gasteiger partial charge in [-0.25, -0.2) is 0 Å². The Morgan fingerprint density at radius 1 is 1.25 bits per heavy atom. The number of amides is 1. The van der Waals surface area contributed by atoms with Crippen LogP contribution in [0, 0.1) is 10.1 Å². The summed E-state index contributed by atoms with van der Waals surface area (Å²) in [6.45, 7) is 0. The van der Waals surface area contributed by atoms with Gasteiger partial charge >= 0.3 is 0 Å². The second-order valence-corrected chi connectivity index (χ2v) is 5.40. The first-order valence-corrected chi connectivity index (χ1v) is 7.39. The van der Waals surface area contributed by atoms with Crippen molar-refractivity contribution in [1.82, 2.24) is 5.32 Å². The summed E-state index contributed by atoms with van der Waals surface area (Å²) in [5.41, 5.74) is 0.664. The molecule has 0 fully saturated rings. The minimum atomic E-state index is -0.535. The number of anilines is 1. The van der Waals surface area contributed by atoms with Gasteiger partial charge in [0.25, 0.3) is 11.6 Å². The fourth-order valence-corrected chi connectivity index (χ4v) is 2.16. The number of rotatable bonds is 4. The van der Waals surface area contributed by atoms with Gasteiger partial charge in [-0.1, -0.05) is 11.6 Å². The van der Waals surface area contributed by atoms with Crippen LogP contribution in [0.1, 0.15) is 10.4 Å². The maximum atomic E-state index is 12.1. The third-order valence-corrected chi connectivity index (χ3v) is 3.43. The number of nitro groups is 1. The number of ether oxygens (including phenoxy) is 1. The predicted octanol–water partition coefficient (Wildman–Crippen LogP) is 3.38. The molecule has 124 valence electrons. The van der Waals surface area contributed by atoms with Gasteiger partial charge in [0.1, 0.15) is 5.75 Å². The second kappa shape index (κ2) is 7.71. The summed E-state index contributed by atoms with van der Waals surface area (Å²) < 4.78 is 5.09. The number of nitrogens with zero attached hydrogens (tertiary/aromatic N) is 1. The highest BCUT2D eigenvalue weighted by Crippen LogP contribution is 2.28. The van der Waals surface area contributed by atoms with Gasteiger partial charge in [0, 0.05) is 16.7 Å². The average Bonchev–Trinajstić information content (AvgIpc) is 2.55. The zero-order chi connectivity index (χ0) is 17.7. The van der Waals surface area contributed by atoms with Gasteiger partial charge in [0.05, 0.1) is 23.8 Å². The Morgan fingerprint density at radius 3 is 2.50 bits per heavy atom. The third-order valence-electron chi connectivity index (χ3n) is 2.98. The number of methoxy groups -OCH3 is 1. The molecule has 2 rings (SSSR count). The molecule has 0 unspecified atom stereocenters. The molecule has 0 bridgehead atoms. The lowest BCUT2D eigenvalue weighted by Crippen LogP contribution is -2.34. The summed E-state index contributed by atoms with van der Waals surface area (Å²) in [7, 11) is 1.37. The van der Waals surface area contributed by atoms with Gasteiger partial charge in [-0.15, -0.1) is 0 Å². The van der Waals surface area contributed by atoms with Gasteiger partial charge < -0.3 is 10.1 Å². The maximum absolute atomic E-state index is 12.1. The number of hydrogen-bond acceptors (Lipinski definition) is 5. The SMILES string of the molecule is COc1cc([N+](=O)[O-])ccc1NC(=S)NC(=O)c1ccc(Cl)cc1. The van der Waals surface area contributed by atoms with Crippen molar-refractivity contribution in [2.75, 3.05) is 12.4 Å². The molecule has 0 aromatic heterocycles. The number of carbonyl (C=O) groups excluding carboxylic acids is 1. The number of non-ortho nitro benzene ring substituents is 1. The number of halogens is 1. The summed E-state index contributed by atoms with van der Waals surface area (Å²) in [6.07, 6.45) is 0. The molecule has 0 saturated heterocycles. The van der Waals surface area contributed by atoms with Gasteiger partial charge in [-0.2, -0.15) is 0 Å². The van der Waals surface area contributed by atoms with E-state index in [4.69, 9.17) is 28.6 Å². The minimum Gasteiger partial charge on any atom is -0.494 e. The first-order chi connectivity index (χ1) is 11.4. The van der Waals surface area contributed by atoms with Crippen LogP contribution < -0.4 is 15.4 Å². The van der Waals surface area contributed by atoms with E-state index in [-0.39, 0.29) is 16.5 Å². The van der Waals surface area contributed by atoms with Crippen LogP contribution in [-0.2, 0) is 0 Å². The van der Waals surface area contributed by atoms with Crippen LogP contribution >= 0.6 is 23.8 Å². The number of thiocarbonyl (C=S) groups is 1. The molecule has 0 heterocycles. The summed E-state index contributed by atoms with van der Waals surface area (Å²) in [6, 6.07) is 10.3. The summed E-state index contributed by atoms with van der Waals surface area (Å²) >= 11 is 10.8. The first kappa shape index (κ1) is 17.6. The van der Waals surface area contributed by atoms with E-state index in [9.17, 15) is 14.9 Å². The zero-order valence-corrected chi connectivity index (χ0v) is 14.0. The maximum Gasteiger partial charge on any atom is 0.273 e. The smallest absolute Gasteiger partial charge is 0.273 e. The van der Waals surface area contributed by atoms with Crippen molar-refractivity contribution < 1.29 is 14.5 Å². The lowest BCUT2D eigenvalue weighted by atomic mass is 10.2. The van der Waals surface area contributed by atoms with Crippen molar-refractivity contribution in [1.29, 1.82) is 0 Å². The van der Waals surface area contributed by atoms with Gasteiger partial charge in [-0.05, 0) is 42.5 Å². The largest absolute Gasteiger partial charge is 0.494 e. The molecular formula is C15H12ClN3O4S. The van der Waals surface area contributed by atoms with Gasteiger partial charge in [0.2, 0.25) is 0 Å². The molecule has 2 aromatic rings. The molecule has 0 aliphatic carbocycles. The number of nitrogens with one attached hydrogen (secondary N) is 2. The van der Waals surface area contributed by atoms with E-state index in [0.717, 1.165) is 0 Å². The molecule has 2 N–H and O–H groups in total. The average molecular weight is 366 g/mol. The number of hydrogen-bond donors (Lipinski definition) is 2. The van der Waals surface area contributed by atoms with E-state index < -0.39 is 10.8 Å². The predicted molar refractivity (Wildman–Crippen MR) is 94.8 cm³/mol. The molecule has 0 spiro atoms. The number of carbonyl (C=O) groups is 1. The van der Waals surface area contributed by atoms with Crippen LogP contribution in [-0.4, -0.2) is 23.1 Å². The molecule has 0 radical (unpaired) electrons. The van der Waals surface area contributed by atoms with E-state index in [1.807, 2.05) is 0 Å². The molecule has 2 aromatic carbocycles. The Hall–Kier alpha value is -2.71. The van der Waals surface area contributed by atoms with Crippen molar-refractivity contribution in [3.63, 3.8) is 0 Å². The first-order valence-electron chi connectivity index (χ1n) is 6.61. The highest BCUT2D eigenvalue weighted by atomic mass is 35.5. The zero-order valence-electron chi connectivity index (χ0n) is 12.4. The van der Waals surface area contributed by atoms with Crippen molar-refractivity contribution >= 4 is 46.2 Å². The monoisotopic (exact) mass is 365 g/mol. The molecule has 0 atom stereocenters. The van der Waals surface area contributed by atoms with Crippen molar-refractivity contribution in [3.8, 4) is 5.75 Å². The Labute approximate surface area is 147 Å². The number of benzene rings is 2. The molecule has 0 aliphatic rings. The van der Waals surface area contributed by atoms with Crippen LogP contribution in [0.4, 0.5) is 11.4 Å². The van der Waals surface area contributed by atoms with E-state index in [1.54, 1.807) is 24.3 Å². The molecular weight excluding hydrogens is 354 g/mol. The van der Waals surface area contributed by atoms with Crippen LogP contribution in [0.2, 0.25) is 5.02 Å². The van der Waals surface area contributed by atoms with Crippen LogP contribution in [0.5, 0.6) is 5.75 Å². The highest BCUT2D eigenvalue weighted by molar-refractivity contribution is 7.80. The molecule has 9 heteroatoms. The second-order valence-electron chi connectivity index (χ2n) is 4.56. The quantitative estimate of drug-likeness (QED) is 0.490. The van der Waals surface area contributed by atoms with Crippen LogP contribution in [0.3, 0.4) is 0 Å². The fraction of sp³-hybridized carbons (Fsp3) is 0.0667. The highest BCUT2D eigenvalue weighted by Gasteiger charge is 2.13. The Kier molecular flexibility index (Phi) is 5.67. The van der Waals surface area contributed by atoms with Crippen LogP contribution in [0.15, 0.2) is 42.5 Å². The lowest BCUT2D eigenvalue weighted by molar-refractivity contribution is -0.384. The van der Waals surface area contributed by atoms with Crippen molar-refractivity contribution in [3.05, 3.63) is 63.2 Å². The fourth-order valence-electron chi connectivity index (χ4n) is 1.83. The normalized spacial score (nSPS) is 9.92. The molecule has 0 aliphatic heterocycles. The van der Waals surface area contributed by atoms with E-state index in [0.29, 0.717) is 16.3 Å². The van der Waals surface area contributed by atoms with E-state index in [2.05, 4.69) is 10.6 Å². The molecule has 0 saturated carbocycles. The lowest BCUT2D eigenvalue weighted by Gasteiger charge is -2.12. The van der Waals surface area contributed by atoms with Gasteiger partial charge in [-0.3, -0.25) is 20.2 Å². The molecule has 24 heavy (non-hydrogen) atoms. The molecule has 7 nitrogen and oxygen atoms in total. The van der Waals surface area contributed by atoms with E-state index in [1.165, 1.54) is 25.3 Å². The van der Waals surface area contributed by atoms with Crippen molar-refractivity contribution in [2.24, 2.45) is 0 Å². The van der Waals surface area contributed by atoms with Crippen molar-refractivity contribution in [2.45, 2.75) is 0 Å². The minimum absolute atomic E-state index is 0.0297. The summed E-state index contributed by atoms with van der Waals surface area (Å²) in [4.78, 5) is 22.3. The summed E-state index contributed by atoms with van der Waals surface area (Å²) in [5.74, 6) is -0.183. The molecule has 1 amide bonds. The Morgan fingerprint density at radius 2 is 1.92 bits per heavy atom. The van der Waals surface area contributed by atoms with E-state index >= 15 is 0 Å². The number of nitro benzene ring substituents is 1. The topological polar surface area (TPSA) is 93.5 Å². The van der Waals surface area contributed by atoms with Gasteiger partial charge in [0.15, 0.2) is 5.11 Å². The Balaban J connectivity index is 2.08. The standard InChI is InChI=1S/C15H12ClN3O4S/c1-23-13-8-11(19(21)22)6-7-12(13)17-15(24)18-14(20)9-2-4-10(16)5-3-9/h2-8H,1H3,(H2,17,18,20,24).